The molecule has 0 aliphatic carbocycles. The summed E-state index contributed by atoms with van der Waals surface area (Å²) in [5, 5.41) is 13.1. The van der Waals surface area contributed by atoms with E-state index in [4.69, 9.17) is 21.1 Å². The minimum Gasteiger partial charge on any atom is -0.492 e. The molecule has 0 saturated heterocycles. The van der Waals surface area contributed by atoms with E-state index in [-0.39, 0.29) is 16.3 Å². The van der Waals surface area contributed by atoms with Crippen molar-refractivity contribution in [1.82, 2.24) is 0 Å². The van der Waals surface area contributed by atoms with Crippen molar-refractivity contribution >= 4 is 34.9 Å². The van der Waals surface area contributed by atoms with Gasteiger partial charge in [-0.15, -0.1) is 0 Å². The van der Waals surface area contributed by atoms with Crippen molar-refractivity contribution < 1.29 is 24.0 Å². The monoisotopic (exact) mass is 378 g/mol. The average Bonchev–Trinajstić information content (AvgIpc) is 2.61. The number of carbonyl (C=O) groups is 2. The van der Waals surface area contributed by atoms with E-state index in [0.717, 1.165) is 12.1 Å². The fourth-order valence-corrected chi connectivity index (χ4v) is 2.28. The molecule has 0 aliphatic rings. The number of non-ortho nitro benzene ring substituents is 1. The lowest BCUT2D eigenvalue weighted by Crippen LogP contribution is -2.21. The number of benzene rings is 2. The van der Waals surface area contributed by atoms with Gasteiger partial charge in [0.2, 0.25) is 0 Å². The van der Waals surface area contributed by atoms with Crippen LogP contribution in [0, 0.1) is 10.1 Å². The Balaban J connectivity index is 1.97. The Morgan fingerprint density at radius 1 is 1.23 bits per heavy atom. The molecule has 1 N–H and O–H groups in total. The maximum atomic E-state index is 12.0. The van der Waals surface area contributed by atoms with Crippen LogP contribution in [-0.4, -0.2) is 30.0 Å². The van der Waals surface area contributed by atoms with E-state index in [2.05, 4.69) is 5.32 Å². The molecule has 0 saturated carbocycles. The molecule has 0 bridgehead atoms. The molecule has 26 heavy (non-hydrogen) atoms. The van der Waals surface area contributed by atoms with Crippen molar-refractivity contribution in [1.29, 1.82) is 0 Å². The minimum absolute atomic E-state index is 0.0696. The predicted octanol–water partition coefficient (Wildman–Crippen LogP) is 3.44. The zero-order valence-corrected chi connectivity index (χ0v) is 14.5. The normalized spacial score (nSPS) is 10.1. The lowest BCUT2D eigenvalue weighted by molar-refractivity contribution is -0.384. The number of nitro benzene ring substituents is 1. The fraction of sp³-hybridized carbons (Fsp3) is 0.176. The van der Waals surface area contributed by atoms with Crippen molar-refractivity contribution in [2.45, 2.75) is 6.92 Å². The van der Waals surface area contributed by atoms with E-state index < -0.39 is 23.4 Å². The third-order valence-electron chi connectivity index (χ3n) is 3.18. The Labute approximate surface area is 153 Å². The van der Waals surface area contributed by atoms with Gasteiger partial charge < -0.3 is 14.8 Å². The average molecular weight is 379 g/mol. The molecule has 2 rings (SSSR count). The van der Waals surface area contributed by atoms with Crippen molar-refractivity contribution in [2.75, 3.05) is 18.5 Å². The molecule has 0 spiro atoms. The van der Waals surface area contributed by atoms with Crippen LogP contribution in [0.3, 0.4) is 0 Å². The molecule has 0 fully saturated rings. The van der Waals surface area contributed by atoms with Crippen LogP contribution in [0.25, 0.3) is 0 Å². The number of amides is 1. The topological polar surface area (TPSA) is 108 Å². The molecule has 1 amide bonds. The number of rotatable bonds is 7. The molecule has 2 aromatic rings. The number of nitro groups is 1. The summed E-state index contributed by atoms with van der Waals surface area (Å²) in [6, 6.07) is 10.2. The molecule has 0 aromatic heterocycles. The zero-order valence-electron chi connectivity index (χ0n) is 13.7. The van der Waals surface area contributed by atoms with E-state index in [9.17, 15) is 19.7 Å². The largest absolute Gasteiger partial charge is 0.492 e. The van der Waals surface area contributed by atoms with Crippen LogP contribution in [-0.2, 0) is 9.53 Å². The Morgan fingerprint density at radius 3 is 2.62 bits per heavy atom. The molecule has 136 valence electrons. The smallest absolute Gasteiger partial charge is 0.340 e. The van der Waals surface area contributed by atoms with E-state index in [1.165, 1.54) is 6.07 Å². The van der Waals surface area contributed by atoms with Gasteiger partial charge in [0.1, 0.15) is 5.75 Å². The maximum Gasteiger partial charge on any atom is 0.340 e. The lowest BCUT2D eigenvalue weighted by atomic mass is 10.2. The van der Waals surface area contributed by atoms with Crippen molar-refractivity contribution in [2.24, 2.45) is 0 Å². The SMILES string of the molecule is CCOc1ccccc1NC(=O)COC(=O)c1ccc([N+](=O)[O-])cc1Cl. The van der Waals surface area contributed by atoms with Crippen LogP contribution < -0.4 is 10.1 Å². The van der Waals surface area contributed by atoms with Gasteiger partial charge in [-0.05, 0) is 25.1 Å². The van der Waals surface area contributed by atoms with Gasteiger partial charge >= 0.3 is 5.97 Å². The van der Waals surface area contributed by atoms with Gasteiger partial charge in [0.05, 0.1) is 27.8 Å². The zero-order chi connectivity index (χ0) is 19.1. The minimum atomic E-state index is -0.863. The standard InChI is InChI=1S/C17H15ClN2O6/c1-2-25-15-6-4-3-5-14(15)19-16(21)10-26-17(22)12-8-7-11(20(23)24)9-13(12)18/h3-9H,2,10H2,1H3,(H,19,21). The highest BCUT2D eigenvalue weighted by Crippen LogP contribution is 2.24. The quantitative estimate of drug-likeness (QED) is 0.449. The first-order valence-electron chi connectivity index (χ1n) is 7.55. The molecule has 0 unspecified atom stereocenters. The Kier molecular flexibility index (Phi) is 6.51. The number of para-hydroxylation sites is 2. The first kappa shape index (κ1) is 19.2. The van der Waals surface area contributed by atoms with Crippen LogP contribution in [0.4, 0.5) is 11.4 Å². The number of carbonyl (C=O) groups excluding carboxylic acids is 2. The van der Waals surface area contributed by atoms with Crippen LogP contribution in [0.15, 0.2) is 42.5 Å². The van der Waals surface area contributed by atoms with Crippen molar-refractivity contribution in [3.05, 3.63) is 63.2 Å². The third kappa shape index (κ3) is 4.93. The summed E-state index contributed by atoms with van der Waals surface area (Å²) in [6.07, 6.45) is 0. The molecule has 0 atom stereocenters. The summed E-state index contributed by atoms with van der Waals surface area (Å²) in [5.41, 5.74) is 0.125. The molecule has 0 radical (unpaired) electrons. The second-order valence-corrected chi connectivity index (χ2v) is 5.38. The molecular formula is C17H15ClN2O6. The molecule has 0 aliphatic heterocycles. The number of halogens is 1. The van der Waals surface area contributed by atoms with Crippen LogP contribution in [0.2, 0.25) is 5.02 Å². The number of nitrogens with one attached hydrogen (secondary N) is 1. The maximum absolute atomic E-state index is 12.0. The molecule has 8 nitrogen and oxygen atoms in total. The summed E-state index contributed by atoms with van der Waals surface area (Å²) in [7, 11) is 0. The Morgan fingerprint density at radius 2 is 1.96 bits per heavy atom. The van der Waals surface area contributed by atoms with Gasteiger partial charge in [-0.3, -0.25) is 14.9 Å². The van der Waals surface area contributed by atoms with E-state index in [1.807, 2.05) is 6.92 Å². The third-order valence-corrected chi connectivity index (χ3v) is 3.49. The van der Waals surface area contributed by atoms with Gasteiger partial charge in [-0.2, -0.15) is 0 Å². The summed E-state index contributed by atoms with van der Waals surface area (Å²) >= 11 is 5.85. The number of hydrogen-bond acceptors (Lipinski definition) is 6. The molecule has 9 heteroatoms. The second-order valence-electron chi connectivity index (χ2n) is 4.97. The Hall–Kier alpha value is -3.13. The van der Waals surface area contributed by atoms with Crippen molar-refractivity contribution in [3.8, 4) is 5.75 Å². The number of anilines is 1. The summed E-state index contributed by atoms with van der Waals surface area (Å²) in [5.74, 6) is -0.935. The van der Waals surface area contributed by atoms with Crippen LogP contribution in [0.1, 0.15) is 17.3 Å². The highest BCUT2D eigenvalue weighted by atomic mass is 35.5. The molecule has 2 aromatic carbocycles. The number of ether oxygens (including phenoxy) is 2. The predicted molar refractivity (Wildman–Crippen MR) is 94.6 cm³/mol. The lowest BCUT2D eigenvalue weighted by Gasteiger charge is -2.11. The van der Waals surface area contributed by atoms with E-state index >= 15 is 0 Å². The van der Waals surface area contributed by atoms with Crippen LogP contribution in [0.5, 0.6) is 5.75 Å². The van der Waals surface area contributed by atoms with Gasteiger partial charge in [0.15, 0.2) is 6.61 Å². The van der Waals surface area contributed by atoms with Gasteiger partial charge in [-0.1, -0.05) is 23.7 Å². The number of nitrogens with zero attached hydrogens (tertiary/aromatic N) is 1. The first-order chi connectivity index (χ1) is 12.4. The molecular weight excluding hydrogens is 364 g/mol. The highest BCUT2D eigenvalue weighted by Gasteiger charge is 2.17. The van der Waals surface area contributed by atoms with E-state index in [0.29, 0.717) is 18.0 Å². The summed E-state index contributed by atoms with van der Waals surface area (Å²) in [4.78, 5) is 34.0. The van der Waals surface area contributed by atoms with Crippen LogP contribution >= 0.6 is 11.6 Å². The van der Waals surface area contributed by atoms with Gasteiger partial charge in [0, 0.05) is 12.1 Å². The second kappa shape index (κ2) is 8.82. The first-order valence-corrected chi connectivity index (χ1v) is 7.93. The van der Waals surface area contributed by atoms with Crippen molar-refractivity contribution in [3.63, 3.8) is 0 Å². The summed E-state index contributed by atoms with van der Waals surface area (Å²) < 4.78 is 10.3. The summed E-state index contributed by atoms with van der Waals surface area (Å²) in [6.45, 7) is 1.70. The fourth-order valence-electron chi connectivity index (χ4n) is 2.03. The van der Waals surface area contributed by atoms with Gasteiger partial charge in [-0.25, -0.2) is 4.79 Å². The van der Waals surface area contributed by atoms with E-state index in [1.54, 1.807) is 24.3 Å². The Bertz CT molecular complexity index is 840. The highest BCUT2D eigenvalue weighted by molar-refractivity contribution is 6.33. The molecule has 0 heterocycles. The van der Waals surface area contributed by atoms with Gasteiger partial charge in [0.25, 0.3) is 11.6 Å². The number of hydrogen-bond donors (Lipinski definition) is 1. The number of esters is 1.